The van der Waals surface area contributed by atoms with Crippen LogP contribution in [0.15, 0.2) is 11.6 Å². The molecule has 2 radical (unpaired) electrons. The molecule has 0 N–H and O–H groups in total. The first-order valence-electron chi connectivity index (χ1n) is 4.08. The molecule has 2 unspecified atom stereocenters. The van der Waals surface area contributed by atoms with Gasteiger partial charge in [-0.25, -0.2) is 0 Å². The Kier molecular flexibility index (Phi) is 1.07. The van der Waals surface area contributed by atoms with Crippen LogP contribution in [0.25, 0.3) is 0 Å². The number of rotatable bonds is 0. The molecule has 0 spiro atoms. The lowest BCUT2D eigenvalue weighted by Crippen LogP contribution is -2.47. The summed E-state index contributed by atoms with van der Waals surface area (Å²) in [5.74, 6) is 1.62. The van der Waals surface area contributed by atoms with Crippen LogP contribution >= 0.6 is 0 Å². The van der Waals surface area contributed by atoms with Gasteiger partial charge in [0.2, 0.25) is 0 Å². The highest BCUT2D eigenvalue weighted by atomic mass is 14.5. The molecule has 0 aromatic rings. The van der Waals surface area contributed by atoms with Crippen LogP contribution in [0, 0.1) is 24.2 Å². The molecule has 1 saturated carbocycles. The van der Waals surface area contributed by atoms with Crippen LogP contribution in [0.5, 0.6) is 0 Å². The fourth-order valence-electron chi connectivity index (χ4n) is 2.40. The van der Waals surface area contributed by atoms with Crippen molar-refractivity contribution < 1.29 is 0 Å². The lowest BCUT2D eigenvalue weighted by atomic mass is 9.49. The SMILES string of the molecule is [CH]C1=CCC2CC1C2(C)C. The van der Waals surface area contributed by atoms with E-state index in [1.165, 1.54) is 12.8 Å². The van der Waals surface area contributed by atoms with Gasteiger partial charge in [-0.3, -0.25) is 0 Å². The Bertz CT molecular complexity index is 186. The molecule has 0 aliphatic heterocycles. The largest absolute Gasteiger partial charge is 0.0844 e. The fraction of sp³-hybridized carbons (Fsp3) is 0.700. The van der Waals surface area contributed by atoms with E-state index in [0.717, 1.165) is 11.5 Å². The van der Waals surface area contributed by atoms with Crippen LogP contribution in [0.3, 0.4) is 0 Å². The fourth-order valence-corrected chi connectivity index (χ4v) is 2.40. The van der Waals surface area contributed by atoms with Gasteiger partial charge in [0, 0.05) is 0 Å². The van der Waals surface area contributed by atoms with Crippen molar-refractivity contribution in [2.45, 2.75) is 26.7 Å². The van der Waals surface area contributed by atoms with E-state index in [4.69, 9.17) is 6.92 Å². The normalized spacial score (nSPS) is 42.1. The first kappa shape index (κ1) is 6.45. The Balaban J connectivity index is 2.30. The Morgan fingerprint density at radius 3 is 2.60 bits per heavy atom. The quantitative estimate of drug-likeness (QED) is 0.478. The highest BCUT2D eigenvalue weighted by Crippen LogP contribution is 2.58. The Morgan fingerprint density at radius 1 is 1.60 bits per heavy atom. The summed E-state index contributed by atoms with van der Waals surface area (Å²) in [5.41, 5.74) is 1.66. The molecular weight excluding hydrogens is 120 g/mol. The van der Waals surface area contributed by atoms with Gasteiger partial charge in [-0.05, 0) is 37.0 Å². The van der Waals surface area contributed by atoms with Crippen molar-refractivity contribution in [2.24, 2.45) is 17.3 Å². The molecule has 0 heterocycles. The monoisotopic (exact) mass is 134 g/mol. The summed E-state index contributed by atoms with van der Waals surface area (Å²) in [5, 5.41) is 0. The summed E-state index contributed by atoms with van der Waals surface area (Å²) < 4.78 is 0. The van der Waals surface area contributed by atoms with Crippen LogP contribution < -0.4 is 0 Å². The zero-order valence-corrected chi connectivity index (χ0v) is 6.72. The van der Waals surface area contributed by atoms with E-state index < -0.39 is 0 Å². The van der Waals surface area contributed by atoms with E-state index in [0.29, 0.717) is 11.3 Å². The molecule has 0 aromatic carbocycles. The first-order valence-corrected chi connectivity index (χ1v) is 4.08. The van der Waals surface area contributed by atoms with Crippen molar-refractivity contribution in [1.82, 2.24) is 0 Å². The van der Waals surface area contributed by atoms with Crippen molar-refractivity contribution in [3.05, 3.63) is 18.6 Å². The molecule has 2 bridgehead atoms. The average Bonchev–Trinajstić information content (AvgIpc) is 1.87. The van der Waals surface area contributed by atoms with Crippen LogP contribution in [-0.4, -0.2) is 0 Å². The van der Waals surface area contributed by atoms with Gasteiger partial charge < -0.3 is 0 Å². The van der Waals surface area contributed by atoms with Gasteiger partial charge in [0.15, 0.2) is 0 Å². The third-order valence-corrected chi connectivity index (χ3v) is 3.51. The van der Waals surface area contributed by atoms with Gasteiger partial charge in [0.05, 0.1) is 0 Å². The molecule has 1 fully saturated rings. The van der Waals surface area contributed by atoms with Gasteiger partial charge in [-0.1, -0.05) is 25.5 Å². The third kappa shape index (κ3) is 0.574. The number of fused-ring (bicyclic) bond motifs is 1. The Morgan fingerprint density at radius 2 is 2.30 bits per heavy atom. The Labute approximate surface area is 63.3 Å². The maximum absolute atomic E-state index is 5.85. The number of hydrogen-bond donors (Lipinski definition) is 0. The molecule has 3 aliphatic carbocycles. The second-order valence-corrected chi connectivity index (χ2v) is 4.25. The van der Waals surface area contributed by atoms with Crippen molar-refractivity contribution in [3.8, 4) is 0 Å². The summed E-state index contributed by atoms with van der Waals surface area (Å²) in [4.78, 5) is 0. The van der Waals surface area contributed by atoms with Crippen molar-refractivity contribution in [2.75, 3.05) is 0 Å². The van der Waals surface area contributed by atoms with Gasteiger partial charge in [-0.2, -0.15) is 0 Å². The Hall–Kier alpha value is -0.260. The predicted molar refractivity (Wildman–Crippen MR) is 42.4 cm³/mol. The molecule has 0 aromatic heterocycles. The van der Waals surface area contributed by atoms with Crippen molar-refractivity contribution >= 4 is 0 Å². The topological polar surface area (TPSA) is 0 Å². The first-order chi connectivity index (χ1) is 4.62. The highest BCUT2D eigenvalue weighted by molar-refractivity contribution is 5.24. The van der Waals surface area contributed by atoms with Gasteiger partial charge in [-0.15, -0.1) is 0 Å². The van der Waals surface area contributed by atoms with E-state index in [1.54, 1.807) is 0 Å². The number of allylic oxidation sites excluding steroid dienone is 2. The smallest absolute Gasteiger partial charge is 0.00568 e. The molecule has 0 nitrogen and oxygen atoms in total. The number of hydrogen-bond acceptors (Lipinski definition) is 0. The van der Waals surface area contributed by atoms with E-state index >= 15 is 0 Å². The molecular formula is C10H14. The maximum Gasteiger partial charge on any atom is -0.00568 e. The van der Waals surface area contributed by atoms with E-state index in [2.05, 4.69) is 19.9 Å². The van der Waals surface area contributed by atoms with Crippen LogP contribution in [0.2, 0.25) is 0 Å². The van der Waals surface area contributed by atoms with Gasteiger partial charge in [0.25, 0.3) is 0 Å². The molecule has 0 saturated heterocycles. The third-order valence-electron chi connectivity index (χ3n) is 3.51. The molecule has 0 heteroatoms. The predicted octanol–water partition coefficient (Wildman–Crippen LogP) is 2.69. The lowest BCUT2D eigenvalue weighted by molar-refractivity contribution is -0.00353. The summed E-state index contributed by atoms with van der Waals surface area (Å²) in [6.07, 6.45) is 4.77. The van der Waals surface area contributed by atoms with E-state index in [1.807, 2.05) is 0 Å². The van der Waals surface area contributed by atoms with Crippen molar-refractivity contribution in [1.29, 1.82) is 0 Å². The molecule has 3 rings (SSSR count). The summed E-state index contributed by atoms with van der Waals surface area (Å²) in [6.45, 7) is 10.5. The van der Waals surface area contributed by atoms with Crippen LogP contribution in [0.1, 0.15) is 26.7 Å². The molecule has 10 heavy (non-hydrogen) atoms. The lowest BCUT2D eigenvalue weighted by Gasteiger charge is -2.56. The average molecular weight is 134 g/mol. The molecule has 3 aliphatic rings. The summed E-state index contributed by atoms with van der Waals surface area (Å²) >= 11 is 0. The molecule has 54 valence electrons. The minimum atomic E-state index is 0.513. The summed E-state index contributed by atoms with van der Waals surface area (Å²) in [6, 6.07) is 0. The highest BCUT2D eigenvalue weighted by Gasteiger charge is 2.49. The van der Waals surface area contributed by atoms with Crippen molar-refractivity contribution in [3.63, 3.8) is 0 Å². The minimum Gasteiger partial charge on any atom is -0.0844 e. The molecule has 2 atom stereocenters. The van der Waals surface area contributed by atoms with E-state index in [-0.39, 0.29) is 0 Å². The zero-order chi connectivity index (χ0) is 7.35. The zero-order valence-electron chi connectivity index (χ0n) is 6.72. The molecule has 0 amide bonds. The van der Waals surface area contributed by atoms with E-state index in [9.17, 15) is 0 Å². The minimum absolute atomic E-state index is 0.513. The van der Waals surface area contributed by atoms with Crippen LogP contribution in [-0.2, 0) is 0 Å². The van der Waals surface area contributed by atoms with Crippen LogP contribution in [0.4, 0.5) is 0 Å². The summed E-state index contributed by atoms with van der Waals surface area (Å²) in [7, 11) is 0. The second-order valence-electron chi connectivity index (χ2n) is 4.25. The second kappa shape index (κ2) is 1.66. The van der Waals surface area contributed by atoms with Gasteiger partial charge in [0.1, 0.15) is 0 Å². The van der Waals surface area contributed by atoms with Gasteiger partial charge >= 0.3 is 0 Å². The maximum atomic E-state index is 5.85. The standard InChI is InChI=1S/C10H14/c1-7-4-5-8-6-9(7)10(8,2)3/h1,4,8-9H,5-6H2,2-3H3.